The molecule has 2 aromatic rings. The normalized spacial score (nSPS) is 17.7. The van der Waals surface area contributed by atoms with Gasteiger partial charge >= 0.3 is 0 Å². The van der Waals surface area contributed by atoms with Crippen LogP contribution in [-0.2, 0) is 13.5 Å². The van der Waals surface area contributed by atoms with E-state index >= 15 is 0 Å². The molecular formula is C21H34N6S. The van der Waals surface area contributed by atoms with Crippen LogP contribution in [0.5, 0.6) is 0 Å². The molecule has 28 heavy (non-hydrogen) atoms. The summed E-state index contributed by atoms with van der Waals surface area (Å²) in [4.78, 5) is 8.48. The fourth-order valence-corrected chi connectivity index (χ4v) is 4.90. The summed E-state index contributed by atoms with van der Waals surface area (Å²) in [6, 6.07) is 5.10. The van der Waals surface area contributed by atoms with Crippen LogP contribution in [0.2, 0.25) is 0 Å². The molecule has 2 unspecified atom stereocenters. The van der Waals surface area contributed by atoms with Gasteiger partial charge in [0.25, 0.3) is 0 Å². The topological polar surface area (TPSA) is 57.5 Å². The van der Waals surface area contributed by atoms with Gasteiger partial charge in [0.05, 0.1) is 11.7 Å². The summed E-state index contributed by atoms with van der Waals surface area (Å²) < 4.78 is 1.96. The van der Waals surface area contributed by atoms with Crippen molar-refractivity contribution in [3.63, 3.8) is 0 Å². The number of aliphatic imine (C=N–C) groups is 1. The van der Waals surface area contributed by atoms with E-state index in [4.69, 9.17) is 0 Å². The maximum atomic E-state index is 4.53. The van der Waals surface area contributed by atoms with Crippen molar-refractivity contribution in [2.75, 3.05) is 26.7 Å². The van der Waals surface area contributed by atoms with Gasteiger partial charge < -0.3 is 10.6 Å². The maximum absolute atomic E-state index is 4.53. The Kier molecular flexibility index (Phi) is 7.13. The molecular weight excluding hydrogens is 368 g/mol. The van der Waals surface area contributed by atoms with E-state index in [1.807, 2.05) is 30.1 Å². The number of guanidine groups is 1. The van der Waals surface area contributed by atoms with Gasteiger partial charge in [0, 0.05) is 37.3 Å². The Balaban J connectivity index is 1.58. The summed E-state index contributed by atoms with van der Waals surface area (Å²) in [5.41, 5.74) is 3.68. The number of thiophene rings is 1. The number of hydrogen-bond acceptors (Lipinski definition) is 4. The first kappa shape index (κ1) is 20.9. The Morgan fingerprint density at radius 1 is 1.32 bits per heavy atom. The first-order chi connectivity index (χ1) is 13.5. The third-order valence-electron chi connectivity index (χ3n) is 5.69. The Hall–Kier alpha value is -1.86. The molecule has 1 fully saturated rings. The number of aryl methyl sites for hydroxylation is 2. The molecule has 1 aliphatic rings. The second-order valence-electron chi connectivity index (χ2n) is 7.75. The van der Waals surface area contributed by atoms with E-state index in [2.05, 4.69) is 63.9 Å². The molecule has 0 aromatic carbocycles. The predicted octanol–water partition coefficient (Wildman–Crippen LogP) is 3.03. The van der Waals surface area contributed by atoms with Gasteiger partial charge in [-0.2, -0.15) is 5.10 Å². The zero-order chi connectivity index (χ0) is 20.1. The summed E-state index contributed by atoms with van der Waals surface area (Å²) in [6.07, 6.45) is 3.54. The fourth-order valence-electron chi connectivity index (χ4n) is 4.04. The van der Waals surface area contributed by atoms with E-state index in [1.165, 1.54) is 42.1 Å². The van der Waals surface area contributed by atoms with Crippen LogP contribution < -0.4 is 10.6 Å². The minimum absolute atomic E-state index is 0.278. The second kappa shape index (κ2) is 9.56. The highest BCUT2D eigenvalue weighted by Crippen LogP contribution is 2.27. The molecule has 0 spiro atoms. The number of nitrogens with one attached hydrogen (secondary N) is 2. The van der Waals surface area contributed by atoms with Crippen molar-refractivity contribution in [2.24, 2.45) is 12.0 Å². The number of aromatic nitrogens is 2. The first-order valence-corrected chi connectivity index (χ1v) is 11.1. The van der Waals surface area contributed by atoms with Crippen molar-refractivity contribution in [3.8, 4) is 0 Å². The predicted molar refractivity (Wildman–Crippen MR) is 118 cm³/mol. The third kappa shape index (κ3) is 4.94. The average Bonchev–Trinajstić information content (AvgIpc) is 3.42. The summed E-state index contributed by atoms with van der Waals surface area (Å²) >= 11 is 1.85. The quantitative estimate of drug-likeness (QED) is 0.552. The fraction of sp³-hybridized carbons (Fsp3) is 0.619. The van der Waals surface area contributed by atoms with Crippen molar-refractivity contribution in [3.05, 3.63) is 39.3 Å². The van der Waals surface area contributed by atoms with Gasteiger partial charge in [-0.05, 0) is 70.1 Å². The molecule has 154 valence electrons. The van der Waals surface area contributed by atoms with E-state index in [0.29, 0.717) is 6.04 Å². The van der Waals surface area contributed by atoms with Gasteiger partial charge in [0.1, 0.15) is 0 Å². The van der Waals surface area contributed by atoms with E-state index < -0.39 is 0 Å². The molecule has 7 heteroatoms. The SMILES string of the molecule is CN=C(NCC(c1cccs1)N1CCCC1)NC(C)Cc1c(C)nn(C)c1C. The van der Waals surface area contributed by atoms with Gasteiger partial charge in [-0.25, -0.2) is 0 Å². The van der Waals surface area contributed by atoms with Crippen LogP contribution in [0.15, 0.2) is 22.5 Å². The summed E-state index contributed by atoms with van der Waals surface area (Å²) in [7, 11) is 3.85. The number of likely N-dealkylation sites (tertiary alicyclic amines) is 1. The summed E-state index contributed by atoms with van der Waals surface area (Å²) in [5.74, 6) is 0.868. The van der Waals surface area contributed by atoms with Crippen molar-refractivity contribution >= 4 is 17.3 Å². The Morgan fingerprint density at radius 3 is 2.64 bits per heavy atom. The lowest BCUT2D eigenvalue weighted by Crippen LogP contribution is -2.46. The Morgan fingerprint density at radius 2 is 2.07 bits per heavy atom. The highest BCUT2D eigenvalue weighted by molar-refractivity contribution is 7.10. The maximum Gasteiger partial charge on any atom is 0.191 e. The molecule has 3 rings (SSSR count). The molecule has 3 heterocycles. The van der Waals surface area contributed by atoms with Crippen molar-refractivity contribution in [1.82, 2.24) is 25.3 Å². The van der Waals surface area contributed by atoms with Gasteiger partial charge in [-0.3, -0.25) is 14.6 Å². The number of nitrogens with zero attached hydrogens (tertiary/aromatic N) is 4. The lowest BCUT2D eigenvalue weighted by molar-refractivity contribution is 0.249. The molecule has 0 radical (unpaired) electrons. The van der Waals surface area contributed by atoms with Gasteiger partial charge in [0.15, 0.2) is 5.96 Å². The molecule has 0 aliphatic carbocycles. The van der Waals surface area contributed by atoms with Crippen LogP contribution in [-0.4, -0.2) is 53.4 Å². The molecule has 0 amide bonds. The van der Waals surface area contributed by atoms with Crippen LogP contribution in [0.1, 0.15) is 47.6 Å². The van der Waals surface area contributed by atoms with Gasteiger partial charge in [-0.15, -0.1) is 11.3 Å². The van der Waals surface area contributed by atoms with Crippen molar-refractivity contribution < 1.29 is 0 Å². The van der Waals surface area contributed by atoms with Crippen LogP contribution >= 0.6 is 11.3 Å². The van der Waals surface area contributed by atoms with Gasteiger partial charge in [0.2, 0.25) is 0 Å². The Labute approximate surface area is 173 Å². The highest BCUT2D eigenvalue weighted by Gasteiger charge is 2.24. The van der Waals surface area contributed by atoms with E-state index in [0.717, 1.165) is 24.6 Å². The lowest BCUT2D eigenvalue weighted by Gasteiger charge is -2.28. The molecule has 0 bridgehead atoms. The zero-order valence-corrected chi connectivity index (χ0v) is 18.6. The van der Waals surface area contributed by atoms with Gasteiger partial charge in [-0.1, -0.05) is 6.07 Å². The molecule has 2 aromatic heterocycles. The van der Waals surface area contributed by atoms with Crippen molar-refractivity contribution in [1.29, 1.82) is 0 Å². The van der Waals surface area contributed by atoms with Crippen LogP contribution in [0.4, 0.5) is 0 Å². The number of hydrogen-bond donors (Lipinski definition) is 2. The van der Waals surface area contributed by atoms with Crippen LogP contribution in [0.25, 0.3) is 0 Å². The van der Waals surface area contributed by atoms with E-state index in [1.54, 1.807) is 0 Å². The van der Waals surface area contributed by atoms with Crippen LogP contribution in [0.3, 0.4) is 0 Å². The molecule has 0 saturated carbocycles. The Bertz CT molecular complexity index is 773. The molecule has 1 saturated heterocycles. The minimum atomic E-state index is 0.278. The summed E-state index contributed by atoms with van der Waals surface area (Å²) in [5, 5.41) is 13.8. The standard InChI is InChI=1S/C21H34N6S/c1-15(13-18-16(2)25-26(5)17(18)3)24-21(22-4)23-14-19(20-9-8-12-28-20)27-10-6-7-11-27/h8-9,12,15,19H,6-7,10-11,13-14H2,1-5H3,(H2,22,23,24). The number of rotatable bonds is 7. The minimum Gasteiger partial charge on any atom is -0.354 e. The molecule has 1 aliphatic heterocycles. The highest BCUT2D eigenvalue weighted by atomic mass is 32.1. The molecule has 2 atom stereocenters. The monoisotopic (exact) mass is 402 g/mol. The van der Waals surface area contributed by atoms with Crippen molar-refractivity contribution in [2.45, 2.75) is 52.1 Å². The molecule has 6 nitrogen and oxygen atoms in total. The molecule has 2 N–H and O–H groups in total. The average molecular weight is 403 g/mol. The third-order valence-corrected chi connectivity index (χ3v) is 6.67. The van der Waals surface area contributed by atoms with E-state index in [-0.39, 0.29) is 6.04 Å². The first-order valence-electron chi connectivity index (χ1n) is 10.2. The zero-order valence-electron chi connectivity index (χ0n) is 17.8. The van der Waals surface area contributed by atoms with E-state index in [9.17, 15) is 0 Å². The lowest BCUT2D eigenvalue weighted by atomic mass is 10.1. The second-order valence-corrected chi connectivity index (χ2v) is 8.73. The largest absolute Gasteiger partial charge is 0.354 e. The van der Waals surface area contributed by atoms with Crippen LogP contribution in [0, 0.1) is 13.8 Å². The summed E-state index contributed by atoms with van der Waals surface area (Å²) in [6.45, 7) is 9.67. The smallest absolute Gasteiger partial charge is 0.191 e.